The Morgan fingerprint density at radius 1 is 1.19 bits per heavy atom. The number of ether oxygens (including phenoxy) is 1. The van der Waals surface area contributed by atoms with E-state index in [1.54, 1.807) is 18.2 Å². The molecule has 1 aliphatic rings. The Balaban J connectivity index is 1.71. The first kappa shape index (κ1) is 13.8. The number of rotatable bonds is 3. The number of esters is 1. The van der Waals surface area contributed by atoms with Crippen LogP contribution in [0.15, 0.2) is 48.5 Å². The van der Waals surface area contributed by atoms with Crippen LogP contribution in [0.5, 0.6) is 0 Å². The number of fused-ring (bicyclic) bond motifs is 1. The Bertz CT molecular complexity index is 657. The Hall–Kier alpha value is -2.20. The second-order valence-electron chi connectivity index (χ2n) is 5.08. The quantitative estimate of drug-likeness (QED) is 0.881. The molecule has 21 heavy (non-hydrogen) atoms. The predicted molar refractivity (Wildman–Crippen MR) is 77.1 cm³/mol. The zero-order valence-electron chi connectivity index (χ0n) is 11.5. The Labute approximate surface area is 122 Å². The molecule has 1 heterocycles. The average Bonchev–Trinajstić information content (AvgIpc) is 2.53. The zero-order chi connectivity index (χ0) is 14.7. The summed E-state index contributed by atoms with van der Waals surface area (Å²) in [4.78, 5) is 12.3. The highest BCUT2D eigenvalue weighted by molar-refractivity contribution is 5.79. The summed E-state index contributed by atoms with van der Waals surface area (Å²) in [5, 5.41) is 3.21. The Morgan fingerprint density at radius 2 is 1.95 bits per heavy atom. The predicted octanol–water partition coefficient (Wildman–Crippen LogP) is 2.76. The summed E-state index contributed by atoms with van der Waals surface area (Å²) in [6.45, 7) is 1.27. The summed E-state index contributed by atoms with van der Waals surface area (Å²) in [7, 11) is 0. The summed E-state index contributed by atoms with van der Waals surface area (Å²) in [6, 6.07) is 14.1. The van der Waals surface area contributed by atoms with Crippen molar-refractivity contribution in [1.82, 2.24) is 5.32 Å². The first-order valence-electron chi connectivity index (χ1n) is 6.94. The maximum absolute atomic E-state index is 13.5. The molecular formula is C17H16FNO2. The molecule has 0 bridgehead atoms. The molecular weight excluding hydrogens is 269 g/mol. The average molecular weight is 285 g/mol. The fraction of sp³-hybridized carbons (Fsp3) is 0.235. The van der Waals surface area contributed by atoms with E-state index in [2.05, 4.69) is 5.32 Å². The molecule has 108 valence electrons. The van der Waals surface area contributed by atoms with Crippen LogP contribution < -0.4 is 5.32 Å². The molecule has 2 aromatic carbocycles. The number of carbonyl (C=O) groups excluding carboxylic acids is 1. The van der Waals surface area contributed by atoms with Crippen molar-refractivity contribution in [3.63, 3.8) is 0 Å². The van der Waals surface area contributed by atoms with Crippen LogP contribution >= 0.6 is 0 Å². The number of carbonyl (C=O) groups is 1. The van der Waals surface area contributed by atoms with E-state index in [1.165, 1.54) is 6.07 Å². The van der Waals surface area contributed by atoms with Crippen molar-refractivity contribution >= 4 is 5.97 Å². The van der Waals surface area contributed by atoms with Gasteiger partial charge in [-0.2, -0.15) is 0 Å². The third kappa shape index (κ3) is 2.95. The van der Waals surface area contributed by atoms with Crippen LogP contribution in [0.2, 0.25) is 0 Å². The summed E-state index contributed by atoms with van der Waals surface area (Å²) in [5.41, 5.74) is 2.49. The van der Waals surface area contributed by atoms with Gasteiger partial charge in [0, 0.05) is 18.7 Å². The molecule has 0 radical (unpaired) electrons. The maximum Gasteiger partial charge on any atom is 0.315 e. The van der Waals surface area contributed by atoms with Gasteiger partial charge in [0.1, 0.15) is 12.4 Å². The SMILES string of the molecule is O=C(OCc1ccccc1F)C1CNCc2ccccc21. The molecule has 0 saturated heterocycles. The number of hydrogen-bond donors (Lipinski definition) is 1. The first-order valence-corrected chi connectivity index (χ1v) is 6.94. The van der Waals surface area contributed by atoms with E-state index in [1.807, 2.05) is 24.3 Å². The molecule has 0 aromatic heterocycles. The van der Waals surface area contributed by atoms with E-state index >= 15 is 0 Å². The van der Waals surface area contributed by atoms with Gasteiger partial charge in [0.2, 0.25) is 0 Å². The van der Waals surface area contributed by atoms with Crippen molar-refractivity contribution in [3.05, 3.63) is 71.0 Å². The van der Waals surface area contributed by atoms with Crippen molar-refractivity contribution in [2.75, 3.05) is 6.54 Å². The molecule has 0 aliphatic carbocycles. The van der Waals surface area contributed by atoms with Gasteiger partial charge in [0.25, 0.3) is 0 Å². The minimum atomic E-state index is -0.354. The lowest BCUT2D eigenvalue weighted by Crippen LogP contribution is -2.33. The molecule has 1 aliphatic heterocycles. The third-order valence-corrected chi connectivity index (χ3v) is 3.71. The van der Waals surface area contributed by atoms with Gasteiger partial charge < -0.3 is 10.1 Å². The lowest BCUT2D eigenvalue weighted by Gasteiger charge is -2.24. The largest absolute Gasteiger partial charge is 0.460 e. The van der Waals surface area contributed by atoms with Gasteiger partial charge in [0.05, 0.1) is 5.92 Å². The molecule has 0 fully saturated rings. The van der Waals surface area contributed by atoms with Crippen molar-refractivity contribution in [2.24, 2.45) is 0 Å². The molecule has 0 amide bonds. The minimum absolute atomic E-state index is 0.0375. The lowest BCUT2D eigenvalue weighted by molar-refractivity contribution is -0.147. The van der Waals surface area contributed by atoms with E-state index in [0.29, 0.717) is 12.1 Å². The van der Waals surface area contributed by atoms with E-state index in [4.69, 9.17) is 4.74 Å². The highest BCUT2D eigenvalue weighted by atomic mass is 19.1. The van der Waals surface area contributed by atoms with Crippen molar-refractivity contribution in [2.45, 2.75) is 19.1 Å². The third-order valence-electron chi connectivity index (χ3n) is 3.71. The second kappa shape index (κ2) is 6.06. The van der Waals surface area contributed by atoms with E-state index in [0.717, 1.165) is 17.7 Å². The van der Waals surface area contributed by atoms with Crippen molar-refractivity contribution < 1.29 is 13.9 Å². The summed E-state index contributed by atoms with van der Waals surface area (Å²) < 4.78 is 18.8. The maximum atomic E-state index is 13.5. The number of halogens is 1. The molecule has 4 heteroatoms. The van der Waals surface area contributed by atoms with Gasteiger partial charge in [-0.3, -0.25) is 4.79 Å². The number of benzene rings is 2. The molecule has 1 unspecified atom stereocenters. The number of hydrogen-bond acceptors (Lipinski definition) is 3. The Morgan fingerprint density at radius 3 is 2.81 bits per heavy atom. The second-order valence-corrected chi connectivity index (χ2v) is 5.08. The van der Waals surface area contributed by atoms with Gasteiger partial charge in [-0.1, -0.05) is 42.5 Å². The molecule has 2 aromatic rings. The van der Waals surface area contributed by atoms with E-state index < -0.39 is 0 Å². The highest BCUT2D eigenvalue weighted by Crippen LogP contribution is 2.25. The molecule has 1 atom stereocenters. The van der Waals surface area contributed by atoms with Crippen LogP contribution in [0.1, 0.15) is 22.6 Å². The van der Waals surface area contributed by atoms with Crippen LogP contribution in [0, 0.1) is 5.82 Å². The normalized spacial score (nSPS) is 17.1. The molecule has 3 rings (SSSR count). The fourth-order valence-corrected chi connectivity index (χ4v) is 2.57. The molecule has 3 nitrogen and oxygen atoms in total. The van der Waals surface area contributed by atoms with Gasteiger partial charge in [0.15, 0.2) is 0 Å². The summed E-state index contributed by atoms with van der Waals surface area (Å²) >= 11 is 0. The molecule has 0 saturated carbocycles. The van der Waals surface area contributed by atoms with Gasteiger partial charge >= 0.3 is 5.97 Å². The monoisotopic (exact) mass is 285 g/mol. The fourth-order valence-electron chi connectivity index (χ4n) is 2.57. The van der Waals surface area contributed by atoms with Crippen molar-refractivity contribution in [3.8, 4) is 0 Å². The summed E-state index contributed by atoms with van der Waals surface area (Å²) in [5.74, 6) is -1.01. The minimum Gasteiger partial charge on any atom is -0.460 e. The van der Waals surface area contributed by atoms with Crippen LogP contribution in [-0.2, 0) is 22.7 Å². The van der Waals surface area contributed by atoms with Crippen LogP contribution in [0.25, 0.3) is 0 Å². The Kier molecular flexibility index (Phi) is 3.97. The molecule has 0 spiro atoms. The van der Waals surface area contributed by atoms with Crippen LogP contribution in [0.3, 0.4) is 0 Å². The smallest absolute Gasteiger partial charge is 0.315 e. The van der Waals surface area contributed by atoms with E-state index in [9.17, 15) is 9.18 Å². The standard InChI is InChI=1S/C17H16FNO2/c18-16-8-4-2-6-13(16)11-21-17(20)15-10-19-9-12-5-1-3-7-14(12)15/h1-8,15,19H,9-11H2. The zero-order valence-corrected chi connectivity index (χ0v) is 11.5. The van der Waals surface area contributed by atoms with Crippen LogP contribution in [0.4, 0.5) is 4.39 Å². The first-order chi connectivity index (χ1) is 10.3. The summed E-state index contributed by atoms with van der Waals surface area (Å²) in [6.07, 6.45) is 0. The van der Waals surface area contributed by atoms with Crippen molar-refractivity contribution in [1.29, 1.82) is 0 Å². The van der Waals surface area contributed by atoms with Crippen LogP contribution in [-0.4, -0.2) is 12.5 Å². The highest BCUT2D eigenvalue weighted by Gasteiger charge is 2.27. The van der Waals surface area contributed by atoms with Gasteiger partial charge in [-0.25, -0.2) is 4.39 Å². The topological polar surface area (TPSA) is 38.3 Å². The number of nitrogens with one attached hydrogen (secondary N) is 1. The molecule has 1 N–H and O–H groups in total. The van der Waals surface area contributed by atoms with Gasteiger partial charge in [-0.05, 0) is 17.2 Å². The lowest BCUT2D eigenvalue weighted by atomic mass is 9.91. The van der Waals surface area contributed by atoms with Gasteiger partial charge in [-0.15, -0.1) is 0 Å². The van der Waals surface area contributed by atoms with E-state index in [-0.39, 0.29) is 24.3 Å².